The zero-order valence-electron chi connectivity index (χ0n) is 24.1. The summed E-state index contributed by atoms with van der Waals surface area (Å²) in [6, 6.07) is 3.12. The van der Waals surface area contributed by atoms with Gasteiger partial charge in [0.1, 0.15) is 0 Å². The molecule has 1 heterocycles. The molecule has 0 bridgehead atoms. The number of alkyl halides is 3. The monoisotopic (exact) mass is 616 g/mol. The molecule has 4 N–H and O–H groups in total. The fourth-order valence-electron chi connectivity index (χ4n) is 4.75. The van der Waals surface area contributed by atoms with E-state index in [9.17, 15) is 31.2 Å². The summed E-state index contributed by atoms with van der Waals surface area (Å²) in [6.07, 6.45) is 1.02. The van der Waals surface area contributed by atoms with Gasteiger partial charge in [-0.3, -0.25) is 9.59 Å². The van der Waals surface area contributed by atoms with Gasteiger partial charge in [-0.25, -0.2) is 18.1 Å². The Kier molecular flexibility index (Phi) is 9.97. The molecule has 1 saturated carbocycles. The number of nitrogens with zero attached hydrogens (tertiary/aromatic N) is 1. The van der Waals surface area contributed by atoms with E-state index in [0.29, 0.717) is 23.4 Å². The van der Waals surface area contributed by atoms with Gasteiger partial charge in [-0.1, -0.05) is 52.0 Å². The molecular weight excluding hydrogens is 577 g/mol. The Morgan fingerprint density at radius 1 is 1.07 bits per heavy atom. The fourth-order valence-corrected chi connectivity index (χ4v) is 7.38. The molecule has 0 spiro atoms. The van der Waals surface area contributed by atoms with Crippen molar-refractivity contribution in [3.8, 4) is 10.4 Å². The minimum absolute atomic E-state index is 0.0855. The van der Waals surface area contributed by atoms with Gasteiger partial charge in [0.2, 0.25) is 15.9 Å². The summed E-state index contributed by atoms with van der Waals surface area (Å²) >= 11 is 0.969. The molecule has 0 aliphatic heterocycles. The van der Waals surface area contributed by atoms with Crippen molar-refractivity contribution in [2.75, 3.05) is 6.54 Å². The first-order valence-corrected chi connectivity index (χ1v) is 15.9. The molecule has 0 atom stereocenters. The Balaban J connectivity index is 2.02. The van der Waals surface area contributed by atoms with Crippen molar-refractivity contribution in [3.05, 3.63) is 34.5 Å². The van der Waals surface area contributed by atoms with Crippen LogP contribution in [0.3, 0.4) is 0 Å². The van der Waals surface area contributed by atoms with Gasteiger partial charge in [0.15, 0.2) is 5.01 Å². The number of carbonyl (C=O) groups excluding carboxylic acids is 2. The highest BCUT2D eigenvalue weighted by Crippen LogP contribution is 2.40. The predicted molar refractivity (Wildman–Crippen MR) is 153 cm³/mol. The molecule has 2 amide bonds. The van der Waals surface area contributed by atoms with Crippen LogP contribution in [-0.2, 0) is 27.4 Å². The van der Waals surface area contributed by atoms with E-state index in [-0.39, 0.29) is 23.0 Å². The van der Waals surface area contributed by atoms with E-state index >= 15 is 0 Å². The van der Waals surface area contributed by atoms with Crippen molar-refractivity contribution in [3.63, 3.8) is 0 Å². The number of aromatic nitrogens is 1. The molecule has 1 aliphatic rings. The molecule has 8 nitrogen and oxygen atoms in total. The Labute approximate surface area is 243 Å². The second-order valence-corrected chi connectivity index (χ2v) is 15.0. The lowest BCUT2D eigenvalue weighted by Crippen LogP contribution is -2.41. The number of primary amides is 1. The highest BCUT2D eigenvalue weighted by atomic mass is 32.2. The number of sulfonamides is 1. The van der Waals surface area contributed by atoms with E-state index in [1.54, 1.807) is 34.6 Å². The minimum Gasteiger partial charge on any atom is -0.369 e. The second-order valence-electron chi connectivity index (χ2n) is 12.3. The van der Waals surface area contributed by atoms with Gasteiger partial charge in [-0.15, -0.1) is 11.3 Å². The van der Waals surface area contributed by atoms with Crippen LogP contribution in [0.5, 0.6) is 0 Å². The number of rotatable bonds is 10. The quantitative estimate of drug-likeness (QED) is 0.317. The van der Waals surface area contributed by atoms with Crippen molar-refractivity contribution >= 4 is 33.2 Å². The lowest BCUT2D eigenvalue weighted by atomic mass is 9.85. The summed E-state index contributed by atoms with van der Waals surface area (Å²) in [7, 11) is -4.48. The highest BCUT2D eigenvalue weighted by Gasteiger charge is 2.39. The van der Waals surface area contributed by atoms with E-state index in [2.05, 4.69) is 15.0 Å². The Morgan fingerprint density at radius 2 is 1.71 bits per heavy atom. The average Bonchev–Trinajstić information content (AvgIpc) is 3.26. The fraction of sp³-hybridized carbons (Fsp3) is 0.607. The number of hydrogen-bond donors (Lipinski definition) is 3. The average molecular weight is 617 g/mol. The summed E-state index contributed by atoms with van der Waals surface area (Å²) in [5.41, 5.74) is 2.96. The van der Waals surface area contributed by atoms with E-state index in [1.807, 2.05) is 0 Å². The van der Waals surface area contributed by atoms with Crippen LogP contribution in [0, 0.1) is 11.3 Å². The van der Waals surface area contributed by atoms with E-state index < -0.39 is 49.4 Å². The molecule has 0 saturated heterocycles. The maximum Gasteiger partial charge on any atom is 0.417 e. The second kappa shape index (κ2) is 12.4. The maximum absolute atomic E-state index is 14.2. The largest absolute Gasteiger partial charge is 0.417 e. The molecule has 1 aromatic carbocycles. The zero-order chi connectivity index (χ0) is 30.8. The number of nitrogens with two attached hydrogens (primary N) is 1. The van der Waals surface area contributed by atoms with Crippen LogP contribution >= 0.6 is 11.3 Å². The minimum atomic E-state index is -4.94. The van der Waals surface area contributed by atoms with Crippen LogP contribution in [0.2, 0.25) is 0 Å². The lowest BCUT2D eigenvalue weighted by Gasteiger charge is -2.23. The Hall–Kier alpha value is -2.51. The van der Waals surface area contributed by atoms with Crippen molar-refractivity contribution in [1.29, 1.82) is 0 Å². The lowest BCUT2D eigenvalue weighted by molar-refractivity contribution is -0.139. The Bertz CT molecular complexity index is 1370. The van der Waals surface area contributed by atoms with Crippen molar-refractivity contribution in [2.45, 2.75) is 96.2 Å². The third kappa shape index (κ3) is 8.74. The third-order valence-electron chi connectivity index (χ3n) is 7.08. The van der Waals surface area contributed by atoms with E-state index in [0.717, 1.165) is 55.6 Å². The normalized spacial score (nSPS) is 15.6. The van der Waals surface area contributed by atoms with Crippen molar-refractivity contribution in [1.82, 2.24) is 15.0 Å². The van der Waals surface area contributed by atoms with Crippen molar-refractivity contribution < 1.29 is 31.2 Å². The molecular formula is C28H39F3N4O4S2. The molecule has 1 aromatic heterocycles. The first-order valence-electron chi connectivity index (χ1n) is 13.6. The molecule has 13 heteroatoms. The van der Waals surface area contributed by atoms with Gasteiger partial charge in [-0.05, 0) is 57.2 Å². The molecule has 228 valence electrons. The number of hydrogen-bond acceptors (Lipinski definition) is 6. The summed E-state index contributed by atoms with van der Waals surface area (Å²) in [4.78, 5) is 28.7. The molecule has 41 heavy (non-hydrogen) atoms. The van der Waals surface area contributed by atoms with Crippen LogP contribution in [-0.4, -0.2) is 37.3 Å². The van der Waals surface area contributed by atoms with E-state index in [1.165, 1.54) is 6.07 Å². The standard InChI is InChI=1S/C28H39F3N4O4S2/c1-26(2,3)35-41(38,39)21-12-11-18(16-19(21)28(29,30)31)22-20(15-17-9-7-6-8-10-17)34-24(40-22)23(36)33-14-13-27(4,5)25(32)37/h11-12,16-17,35H,6-10,13-15H2,1-5H3,(H2,32,37)(H,33,36). The summed E-state index contributed by atoms with van der Waals surface area (Å²) in [5, 5.41) is 2.81. The van der Waals surface area contributed by atoms with Crippen LogP contribution in [0.15, 0.2) is 23.1 Å². The number of benzene rings is 1. The third-order valence-corrected chi connectivity index (χ3v) is 10.0. The predicted octanol–water partition coefficient (Wildman–Crippen LogP) is 5.66. The first-order chi connectivity index (χ1) is 18.8. The summed E-state index contributed by atoms with van der Waals surface area (Å²) in [6.45, 7) is 8.13. The number of nitrogens with one attached hydrogen (secondary N) is 2. The Morgan fingerprint density at radius 3 is 2.27 bits per heavy atom. The molecule has 1 fully saturated rings. The zero-order valence-corrected chi connectivity index (χ0v) is 25.7. The van der Waals surface area contributed by atoms with Gasteiger partial charge in [0, 0.05) is 17.5 Å². The summed E-state index contributed by atoms with van der Waals surface area (Å²) in [5.74, 6) is -0.715. The van der Waals surface area contributed by atoms with Crippen LogP contribution in [0.25, 0.3) is 10.4 Å². The highest BCUT2D eigenvalue weighted by molar-refractivity contribution is 7.89. The van der Waals surface area contributed by atoms with Crippen LogP contribution in [0.4, 0.5) is 13.2 Å². The topological polar surface area (TPSA) is 131 Å². The number of amides is 2. The van der Waals surface area contributed by atoms with Crippen LogP contribution < -0.4 is 15.8 Å². The number of halogens is 3. The van der Waals surface area contributed by atoms with Crippen LogP contribution in [0.1, 0.15) is 94.2 Å². The van der Waals surface area contributed by atoms with Gasteiger partial charge in [-0.2, -0.15) is 13.2 Å². The van der Waals surface area contributed by atoms with Gasteiger partial charge < -0.3 is 11.1 Å². The van der Waals surface area contributed by atoms with Gasteiger partial charge in [0.05, 0.1) is 21.0 Å². The SMILES string of the molecule is CC(C)(C)NS(=O)(=O)c1ccc(-c2sc(C(=O)NCCC(C)(C)C(N)=O)nc2CC2CCCCC2)cc1C(F)(F)F. The van der Waals surface area contributed by atoms with Gasteiger partial charge >= 0.3 is 6.18 Å². The molecule has 2 aromatic rings. The molecule has 0 unspecified atom stereocenters. The van der Waals surface area contributed by atoms with Crippen molar-refractivity contribution in [2.24, 2.45) is 17.1 Å². The number of thiazole rings is 1. The summed E-state index contributed by atoms with van der Waals surface area (Å²) < 4.78 is 70.7. The maximum atomic E-state index is 14.2. The van der Waals surface area contributed by atoms with E-state index in [4.69, 9.17) is 5.73 Å². The number of carbonyl (C=O) groups is 2. The van der Waals surface area contributed by atoms with Gasteiger partial charge in [0.25, 0.3) is 5.91 Å². The smallest absolute Gasteiger partial charge is 0.369 e. The first kappa shape index (κ1) is 33.0. The molecule has 3 rings (SSSR count). The molecule has 1 aliphatic carbocycles. The molecule has 0 radical (unpaired) electrons.